The van der Waals surface area contributed by atoms with Gasteiger partial charge in [-0.3, -0.25) is 14.5 Å². The van der Waals surface area contributed by atoms with Crippen LogP contribution < -0.4 is 10.6 Å². The van der Waals surface area contributed by atoms with Crippen molar-refractivity contribution < 1.29 is 14.4 Å². The Kier molecular flexibility index (Phi) is 5.50. The van der Waals surface area contributed by atoms with Gasteiger partial charge in [-0.15, -0.1) is 0 Å². The summed E-state index contributed by atoms with van der Waals surface area (Å²) in [5.41, 5.74) is 2.36. The molecule has 6 heteroatoms. The summed E-state index contributed by atoms with van der Waals surface area (Å²) in [5, 5.41) is 5.61. The zero-order valence-corrected chi connectivity index (χ0v) is 15.6. The Balaban J connectivity index is 2.06. The monoisotopic (exact) mass is 345 g/mol. The normalized spacial score (nSPS) is 17.4. The highest BCUT2D eigenvalue weighted by molar-refractivity contribution is 6.09. The van der Waals surface area contributed by atoms with E-state index in [1.165, 1.54) is 0 Å². The van der Waals surface area contributed by atoms with Crippen molar-refractivity contribution in [3.8, 4) is 0 Å². The molecule has 25 heavy (non-hydrogen) atoms. The first-order chi connectivity index (χ1) is 11.7. The van der Waals surface area contributed by atoms with E-state index in [-0.39, 0.29) is 24.4 Å². The van der Waals surface area contributed by atoms with Gasteiger partial charge < -0.3 is 10.6 Å². The summed E-state index contributed by atoms with van der Waals surface area (Å²) in [6, 6.07) is 5.38. The second-order valence-corrected chi connectivity index (χ2v) is 6.76. The standard InChI is InChI=1S/C19H27N3O3/c1-6-19(7-2)17(24)22(18(25)21-19)11-16(23)20-14(5)15-10-12(3)8-9-13(15)4/h8-10,14H,6-7,11H2,1-5H3,(H,20,23)(H,21,25). The van der Waals surface area contributed by atoms with Gasteiger partial charge >= 0.3 is 6.03 Å². The molecular weight excluding hydrogens is 318 g/mol. The summed E-state index contributed by atoms with van der Waals surface area (Å²) >= 11 is 0. The van der Waals surface area contributed by atoms with Gasteiger partial charge in [0.05, 0.1) is 6.04 Å². The van der Waals surface area contributed by atoms with Gasteiger partial charge in [-0.05, 0) is 44.7 Å². The highest BCUT2D eigenvalue weighted by atomic mass is 16.2. The fourth-order valence-electron chi connectivity index (χ4n) is 3.28. The first-order valence-corrected chi connectivity index (χ1v) is 8.74. The van der Waals surface area contributed by atoms with Gasteiger partial charge in [0.25, 0.3) is 5.91 Å². The molecule has 1 aromatic carbocycles. The zero-order chi connectivity index (χ0) is 18.8. The maximum atomic E-state index is 12.6. The number of hydrogen-bond acceptors (Lipinski definition) is 3. The molecule has 0 saturated carbocycles. The molecule has 0 spiro atoms. The lowest BCUT2D eigenvalue weighted by Crippen LogP contribution is -2.46. The van der Waals surface area contributed by atoms with E-state index in [4.69, 9.17) is 0 Å². The van der Waals surface area contributed by atoms with Crippen LogP contribution >= 0.6 is 0 Å². The van der Waals surface area contributed by atoms with Gasteiger partial charge in [0.2, 0.25) is 5.91 Å². The summed E-state index contributed by atoms with van der Waals surface area (Å²) in [4.78, 5) is 38.1. The van der Waals surface area contributed by atoms with E-state index in [1.54, 1.807) is 0 Å². The summed E-state index contributed by atoms with van der Waals surface area (Å²) in [6.07, 6.45) is 1.01. The van der Waals surface area contributed by atoms with E-state index >= 15 is 0 Å². The molecule has 1 saturated heterocycles. The smallest absolute Gasteiger partial charge is 0.325 e. The van der Waals surface area contributed by atoms with E-state index in [2.05, 4.69) is 10.6 Å². The van der Waals surface area contributed by atoms with Gasteiger partial charge in [0.15, 0.2) is 0 Å². The van der Waals surface area contributed by atoms with E-state index in [9.17, 15) is 14.4 Å². The summed E-state index contributed by atoms with van der Waals surface area (Å²) in [7, 11) is 0. The van der Waals surface area contributed by atoms with Crippen molar-refractivity contribution in [2.75, 3.05) is 6.54 Å². The van der Waals surface area contributed by atoms with E-state index in [0.717, 1.165) is 21.6 Å². The van der Waals surface area contributed by atoms with Crippen LogP contribution in [0.15, 0.2) is 18.2 Å². The number of carbonyl (C=O) groups is 3. The molecule has 1 unspecified atom stereocenters. The summed E-state index contributed by atoms with van der Waals surface area (Å²) < 4.78 is 0. The SMILES string of the molecule is CCC1(CC)NC(=O)N(CC(=O)NC(C)c2cc(C)ccc2C)C1=O. The van der Waals surface area contributed by atoms with Gasteiger partial charge in [-0.1, -0.05) is 37.6 Å². The Hall–Kier alpha value is -2.37. The van der Waals surface area contributed by atoms with Crippen molar-refractivity contribution in [2.45, 2.75) is 59.0 Å². The van der Waals surface area contributed by atoms with E-state index in [1.807, 2.05) is 52.8 Å². The lowest BCUT2D eigenvalue weighted by atomic mass is 9.93. The molecule has 1 aliphatic rings. The largest absolute Gasteiger partial charge is 0.348 e. The highest BCUT2D eigenvalue weighted by Gasteiger charge is 2.49. The van der Waals surface area contributed by atoms with Crippen molar-refractivity contribution in [1.82, 2.24) is 15.5 Å². The molecule has 136 valence electrons. The molecule has 1 aromatic rings. The third-order valence-corrected chi connectivity index (χ3v) is 5.03. The first-order valence-electron chi connectivity index (χ1n) is 8.74. The van der Waals surface area contributed by atoms with Crippen LogP contribution in [-0.4, -0.2) is 34.8 Å². The number of benzene rings is 1. The predicted molar refractivity (Wildman–Crippen MR) is 96.0 cm³/mol. The van der Waals surface area contributed by atoms with Crippen LogP contribution in [0.1, 0.15) is 56.3 Å². The molecule has 1 atom stereocenters. The van der Waals surface area contributed by atoms with E-state index < -0.39 is 11.6 Å². The van der Waals surface area contributed by atoms with Crippen LogP contribution in [0.5, 0.6) is 0 Å². The van der Waals surface area contributed by atoms with Gasteiger partial charge in [-0.25, -0.2) is 4.79 Å². The minimum atomic E-state index is -0.879. The molecule has 0 aromatic heterocycles. The predicted octanol–water partition coefficient (Wildman–Crippen LogP) is 2.59. The Morgan fingerprint density at radius 2 is 1.88 bits per heavy atom. The molecule has 2 rings (SSSR count). The molecule has 0 bridgehead atoms. The quantitative estimate of drug-likeness (QED) is 0.778. The molecule has 1 fully saturated rings. The number of amides is 4. The second-order valence-electron chi connectivity index (χ2n) is 6.76. The van der Waals surface area contributed by atoms with Crippen LogP contribution in [0.2, 0.25) is 0 Å². The fourth-order valence-corrected chi connectivity index (χ4v) is 3.28. The van der Waals surface area contributed by atoms with Crippen LogP contribution in [0.4, 0.5) is 4.79 Å². The maximum Gasteiger partial charge on any atom is 0.325 e. The van der Waals surface area contributed by atoms with Crippen molar-refractivity contribution in [1.29, 1.82) is 0 Å². The number of urea groups is 1. The maximum absolute atomic E-state index is 12.6. The van der Waals surface area contributed by atoms with Gasteiger partial charge in [0, 0.05) is 0 Å². The molecule has 0 radical (unpaired) electrons. The lowest BCUT2D eigenvalue weighted by molar-refractivity contribution is -0.135. The molecule has 4 amide bonds. The highest BCUT2D eigenvalue weighted by Crippen LogP contribution is 2.25. The fraction of sp³-hybridized carbons (Fsp3) is 0.526. The number of rotatable bonds is 6. The third kappa shape index (κ3) is 3.67. The van der Waals surface area contributed by atoms with Crippen molar-refractivity contribution in [3.05, 3.63) is 34.9 Å². The zero-order valence-electron chi connectivity index (χ0n) is 15.6. The number of nitrogens with one attached hydrogen (secondary N) is 2. The van der Waals surface area contributed by atoms with E-state index in [0.29, 0.717) is 12.8 Å². The number of hydrogen-bond donors (Lipinski definition) is 2. The Morgan fingerprint density at radius 1 is 1.24 bits per heavy atom. The molecule has 2 N–H and O–H groups in total. The number of imide groups is 1. The summed E-state index contributed by atoms with van der Waals surface area (Å²) in [5.74, 6) is -0.669. The Labute approximate surface area is 149 Å². The minimum Gasteiger partial charge on any atom is -0.348 e. The first kappa shape index (κ1) is 19.0. The van der Waals surface area contributed by atoms with Crippen molar-refractivity contribution >= 4 is 17.8 Å². The van der Waals surface area contributed by atoms with Crippen LogP contribution in [0.25, 0.3) is 0 Å². The summed E-state index contributed by atoms with van der Waals surface area (Å²) in [6.45, 7) is 9.34. The third-order valence-electron chi connectivity index (χ3n) is 5.03. The van der Waals surface area contributed by atoms with Crippen LogP contribution in [0.3, 0.4) is 0 Å². The average molecular weight is 345 g/mol. The molecule has 1 heterocycles. The van der Waals surface area contributed by atoms with Crippen molar-refractivity contribution in [3.63, 3.8) is 0 Å². The minimum absolute atomic E-state index is 0.199. The number of aryl methyl sites for hydroxylation is 2. The molecule has 1 aliphatic heterocycles. The number of carbonyl (C=O) groups excluding carboxylic acids is 3. The molecular formula is C19H27N3O3. The second kappa shape index (κ2) is 7.25. The van der Waals surface area contributed by atoms with Gasteiger partial charge in [-0.2, -0.15) is 0 Å². The van der Waals surface area contributed by atoms with Crippen LogP contribution in [-0.2, 0) is 9.59 Å². The Bertz CT molecular complexity index is 695. The lowest BCUT2D eigenvalue weighted by Gasteiger charge is -2.23. The topological polar surface area (TPSA) is 78.5 Å². The molecule has 0 aliphatic carbocycles. The van der Waals surface area contributed by atoms with Crippen molar-refractivity contribution in [2.24, 2.45) is 0 Å². The number of nitrogens with zero attached hydrogens (tertiary/aromatic N) is 1. The van der Waals surface area contributed by atoms with Gasteiger partial charge in [0.1, 0.15) is 12.1 Å². The average Bonchev–Trinajstić information content (AvgIpc) is 2.81. The van der Waals surface area contributed by atoms with Crippen LogP contribution in [0, 0.1) is 13.8 Å². The molecule has 6 nitrogen and oxygen atoms in total. The Morgan fingerprint density at radius 3 is 2.44 bits per heavy atom.